The van der Waals surface area contributed by atoms with E-state index in [4.69, 9.17) is 34.2 Å². The van der Waals surface area contributed by atoms with Crippen LogP contribution in [-0.2, 0) is 73.4 Å². The summed E-state index contributed by atoms with van der Waals surface area (Å²) in [6, 6.07) is 25.9. The van der Waals surface area contributed by atoms with Gasteiger partial charge in [-0.2, -0.15) is 0 Å². The Hall–Kier alpha value is -10.4. The van der Waals surface area contributed by atoms with Crippen LogP contribution in [0.15, 0.2) is 126 Å². The van der Waals surface area contributed by atoms with E-state index in [-0.39, 0.29) is 104 Å². The van der Waals surface area contributed by atoms with Crippen LogP contribution in [0.2, 0.25) is 0 Å². The van der Waals surface area contributed by atoms with Crippen LogP contribution in [0.4, 0.5) is 20.1 Å². The predicted octanol–water partition coefficient (Wildman–Crippen LogP) is 7.15. The van der Waals surface area contributed by atoms with Gasteiger partial charge in [0.15, 0.2) is 23.3 Å². The number of ketones is 3. The molecule has 3 aliphatic carbocycles. The lowest BCUT2D eigenvalue weighted by molar-refractivity contribution is -0.339. The van der Waals surface area contributed by atoms with Crippen LogP contribution in [0.1, 0.15) is 158 Å². The van der Waals surface area contributed by atoms with Gasteiger partial charge in [0.05, 0.1) is 23.7 Å². The Morgan fingerprint density at radius 1 is 0.725 bits per heavy atom. The van der Waals surface area contributed by atoms with E-state index in [1.54, 1.807) is 145 Å². The van der Waals surface area contributed by atoms with Crippen molar-refractivity contribution >= 4 is 82.8 Å². The first-order valence-corrected chi connectivity index (χ1v) is 36.6. The number of amides is 8. The first-order valence-electron chi connectivity index (χ1n) is 36.6. The summed E-state index contributed by atoms with van der Waals surface area (Å²) in [6.45, 7) is 14.5. The number of carbonyl (C=O) groups excluding carboxylic acids is 13. The second kappa shape index (κ2) is 36.2. The minimum atomic E-state index is -2.35. The van der Waals surface area contributed by atoms with Gasteiger partial charge in [-0.1, -0.05) is 133 Å². The van der Waals surface area contributed by atoms with Crippen molar-refractivity contribution in [3.63, 3.8) is 0 Å². The largest absolute Gasteiger partial charge is 0.455 e. The van der Waals surface area contributed by atoms with Crippen molar-refractivity contribution in [3.05, 3.63) is 149 Å². The molecule has 13 atom stereocenters. The number of anilines is 1. The number of aliphatic hydroxyl groups excluding tert-OH is 1. The van der Waals surface area contributed by atoms with Crippen LogP contribution in [0, 0.1) is 34.5 Å². The number of nitrogens with two attached hydrogens (primary N) is 1. The molecule has 0 radical (unpaired) electrons. The summed E-state index contributed by atoms with van der Waals surface area (Å²) in [5.74, 6) is -10.3. The zero-order valence-electron chi connectivity index (χ0n) is 63.7. The van der Waals surface area contributed by atoms with Crippen LogP contribution >= 0.6 is 0 Å². The number of nitrogens with one attached hydrogen (secondary N) is 5. The normalized spacial score (nSPS) is 23.5. The molecular formula is C80H102N8O21. The lowest BCUT2D eigenvalue weighted by atomic mass is 9.42. The van der Waals surface area contributed by atoms with E-state index < -0.39 is 173 Å². The van der Waals surface area contributed by atoms with Gasteiger partial charge in [-0.25, -0.2) is 19.2 Å². The molecule has 1 heterocycles. The maximum atomic E-state index is 16.0. The fraction of sp³-hybridized carbons (Fsp3) is 0.512. The Morgan fingerprint density at radius 2 is 1.33 bits per heavy atom. The number of carbonyl (C=O) groups is 13. The summed E-state index contributed by atoms with van der Waals surface area (Å²) in [4.78, 5) is 183. The highest BCUT2D eigenvalue weighted by molar-refractivity contribution is 6.00. The molecule has 29 heteroatoms. The minimum absolute atomic E-state index is 0.0133. The van der Waals surface area contributed by atoms with E-state index in [9.17, 15) is 63.0 Å². The second-order valence-electron chi connectivity index (χ2n) is 30.0. The number of hydrogen-bond donors (Lipinski definition) is 8. The number of likely N-dealkylation sites (N-methyl/N-ethyl adjacent to an activating group) is 2. The van der Waals surface area contributed by atoms with Crippen LogP contribution in [0.5, 0.6) is 0 Å². The van der Waals surface area contributed by atoms with Gasteiger partial charge < -0.3 is 80.8 Å². The number of primary amides is 1. The summed E-state index contributed by atoms with van der Waals surface area (Å²) >= 11 is 0. The molecule has 0 unspecified atom stereocenters. The van der Waals surface area contributed by atoms with Crippen molar-refractivity contribution in [2.24, 2.45) is 40.2 Å². The number of fused-ring (bicyclic) bond motifs is 5. The Morgan fingerprint density at radius 3 is 1.90 bits per heavy atom. The first kappa shape index (κ1) is 84.2. The molecule has 8 amide bonds. The van der Waals surface area contributed by atoms with Gasteiger partial charge in [0.2, 0.25) is 23.8 Å². The number of esters is 3. The van der Waals surface area contributed by atoms with Crippen LogP contribution in [-0.4, -0.2) is 191 Å². The highest BCUT2D eigenvalue weighted by atomic mass is 16.6. The average Bonchev–Trinajstić information content (AvgIpc) is 0.668. The van der Waals surface area contributed by atoms with Gasteiger partial charge in [-0.15, -0.1) is 0 Å². The summed E-state index contributed by atoms with van der Waals surface area (Å²) < 4.78 is 36.7. The minimum Gasteiger partial charge on any atom is -0.455 e. The van der Waals surface area contributed by atoms with Gasteiger partial charge in [-0.05, 0) is 85.6 Å². The topological polar surface area (TPSA) is 410 Å². The Kier molecular flexibility index (Phi) is 28.0. The quantitative estimate of drug-likeness (QED) is 0.00790. The summed E-state index contributed by atoms with van der Waals surface area (Å²) in [5.41, 5.74) is -1.14. The number of ether oxygens (including phenoxy) is 6. The van der Waals surface area contributed by atoms with E-state index >= 15 is 9.59 Å². The summed E-state index contributed by atoms with van der Waals surface area (Å²) in [6.07, 6.45) is -10.8. The van der Waals surface area contributed by atoms with Gasteiger partial charge >= 0.3 is 36.1 Å². The van der Waals surface area contributed by atoms with Crippen molar-refractivity contribution in [3.8, 4) is 0 Å². The number of Topliss-reactive ketones (excluding diaryl/α,β-unsaturated/α-hetero) is 3. The second-order valence-corrected chi connectivity index (χ2v) is 30.0. The maximum absolute atomic E-state index is 16.0. The third kappa shape index (κ3) is 19.6. The number of aliphatic hydroxyl groups is 2. The van der Waals surface area contributed by atoms with Gasteiger partial charge in [0.1, 0.15) is 42.7 Å². The van der Waals surface area contributed by atoms with Crippen molar-refractivity contribution in [2.45, 2.75) is 187 Å². The first-order chi connectivity index (χ1) is 51.4. The number of urea groups is 1. The SMILES string of the molecule is CC(=O)O[C@H]1C(=O)[C@@]2(C)[C@H]([C@H](CC(=O)c3ccccc3)[C@]3(O)C[C@H](OC(=O)[C@H](OC(=O)N(C)CCN(C)C(=O)OCc4ccc(NC(=O)[C@H](CCCNC(N)=O)NC(=O)[C@@H](NC(=O)CCCC(=O)C(C)C)C(C)C)cc4)[C@@H](NC(=O)c4ccccc4)c4ccccc4)C(C)=C1C3(C)C)[C@]1(OC(C)=O)CO[C@@H]1C[C@@H]2O. The molecule has 2 saturated carbocycles. The zero-order chi connectivity index (χ0) is 80.0. The summed E-state index contributed by atoms with van der Waals surface area (Å²) in [7, 11) is 2.73. The van der Waals surface area contributed by atoms with Gasteiger partial charge in [0.25, 0.3) is 5.91 Å². The molecule has 9 N–H and O–H groups in total. The third-order valence-electron chi connectivity index (χ3n) is 21.5. The van der Waals surface area contributed by atoms with Gasteiger partial charge in [-0.3, -0.25) is 43.2 Å². The summed E-state index contributed by atoms with van der Waals surface area (Å²) in [5, 5.41) is 40.3. The molecule has 29 nitrogen and oxygen atoms in total. The number of hydrogen-bond acceptors (Lipinski definition) is 21. The molecule has 0 aromatic heterocycles. The fourth-order valence-corrected chi connectivity index (χ4v) is 15.3. The molecule has 588 valence electrons. The fourth-order valence-electron chi connectivity index (χ4n) is 15.3. The van der Waals surface area contributed by atoms with Gasteiger partial charge in [0, 0.05) is 120 Å². The van der Waals surface area contributed by atoms with Crippen LogP contribution in [0.3, 0.4) is 0 Å². The van der Waals surface area contributed by atoms with Crippen molar-refractivity contribution in [1.29, 1.82) is 0 Å². The molecule has 4 aromatic carbocycles. The zero-order valence-corrected chi connectivity index (χ0v) is 63.7. The van der Waals surface area contributed by atoms with E-state index in [1.165, 1.54) is 45.0 Å². The number of rotatable bonds is 32. The molecule has 4 aliphatic rings. The molecule has 8 rings (SSSR count). The molecule has 109 heavy (non-hydrogen) atoms. The van der Waals surface area contributed by atoms with Crippen molar-refractivity contribution in [2.75, 3.05) is 45.7 Å². The standard InChI is InChI=1S/C80H102N8O21/c1-45(2)57(91)31-22-32-62(94)85-64(46(3)4)72(98)84-56(30-23-37-82-74(81)100)71(97)83-54-35-33-50(34-36-54)43-104-75(101)87(11)38-39-88(12)76(102)108-67(65(52-26-18-14-19-27-52)86-70(96)53-28-20-15-21-29-53)73(99)107-59-42-80(103)55(40-58(92)51-24-16-13-17-25-51)68-78(10,60(93)41-61-79(68,44-105-61)109-49(7)90)69(95)66(106-48(6)89)63(47(59)5)77(80,8)9/h13-21,24-29,33-36,45-46,55-56,59-61,64-68,93,103H,22-23,30-32,37-44H2,1-12H3,(H,83,97)(H,84,98)(H,85,94)(H,86,96)(H3,81,82,100)/t55-,56-,59-,60-,61+,64-,65-,66+,67+,68-,78+,79-,80+/m0/s1. The van der Waals surface area contributed by atoms with Crippen molar-refractivity contribution in [1.82, 2.24) is 31.1 Å². The van der Waals surface area contributed by atoms with Crippen molar-refractivity contribution < 1.29 is 101 Å². The molecule has 3 fully saturated rings. The predicted molar refractivity (Wildman–Crippen MR) is 395 cm³/mol. The Balaban J connectivity index is 1.02. The van der Waals surface area contributed by atoms with E-state index in [1.807, 2.05) is 0 Å². The molecule has 1 saturated heterocycles. The highest BCUT2D eigenvalue weighted by Gasteiger charge is 2.77. The lowest BCUT2D eigenvalue weighted by Gasteiger charge is -2.68. The Labute approximate surface area is 633 Å². The monoisotopic (exact) mass is 1510 g/mol. The molecule has 4 aromatic rings. The highest BCUT2D eigenvalue weighted by Crippen LogP contribution is 2.66. The van der Waals surface area contributed by atoms with Crippen LogP contribution in [0.25, 0.3) is 0 Å². The van der Waals surface area contributed by atoms with E-state index in [0.29, 0.717) is 17.7 Å². The Bertz CT molecular complexity index is 4040. The molecule has 0 spiro atoms. The van der Waals surface area contributed by atoms with E-state index in [0.717, 1.165) is 18.7 Å². The lowest BCUT2D eigenvalue weighted by Crippen LogP contribution is -2.80. The third-order valence-corrected chi connectivity index (χ3v) is 21.5. The molecule has 1 aliphatic heterocycles. The average molecular weight is 1510 g/mol. The van der Waals surface area contributed by atoms with E-state index in [2.05, 4.69) is 26.6 Å². The number of benzene rings is 4. The molecular weight excluding hydrogens is 1410 g/mol. The number of nitrogens with zero attached hydrogens (tertiary/aromatic N) is 2. The van der Waals surface area contributed by atoms with Crippen LogP contribution < -0.4 is 32.3 Å². The maximum Gasteiger partial charge on any atom is 0.410 e. The smallest absolute Gasteiger partial charge is 0.410 e. The molecule has 2 bridgehead atoms.